The Labute approximate surface area is 500 Å². The molecule has 12 unspecified atom stereocenters. The first kappa shape index (κ1) is 72.8. The number of hydrogen-bond donors (Lipinski definition) is 21. The highest BCUT2D eigenvalue weighted by molar-refractivity contribution is 5.74. The lowest BCUT2D eigenvalue weighted by Gasteiger charge is -2.50. The molecule has 0 radical (unpaired) electrons. The molecule has 5 heterocycles. The quantitative estimate of drug-likeness (QED) is 0.0251. The molecule has 5 aliphatic rings. The van der Waals surface area contributed by atoms with E-state index in [1.165, 1.54) is 25.1 Å². The van der Waals surface area contributed by atoms with E-state index in [0.29, 0.717) is 0 Å². The van der Waals surface area contributed by atoms with Gasteiger partial charge in [0.05, 0.1) is 70.0 Å². The fourth-order valence-electron chi connectivity index (χ4n) is 10.6. The third-order valence-electron chi connectivity index (χ3n) is 15.5. The van der Waals surface area contributed by atoms with Gasteiger partial charge in [-0.3, -0.25) is 19.2 Å². The van der Waals surface area contributed by atoms with Crippen LogP contribution in [0.1, 0.15) is 27.2 Å². The fraction of sp³-hybridized carbons (Fsp3) is 0.804. The van der Waals surface area contributed by atoms with Crippen molar-refractivity contribution in [3.05, 3.63) is 24.3 Å². The van der Waals surface area contributed by atoms with Crippen molar-refractivity contribution in [1.29, 1.82) is 0 Å². The highest BCUT2D eigenvalue weighted by atomic mass is 16.9. The van der Waals surface area contributed by atoms with Gasteiger partial charge in [0.1, 0.15) is 128 Å². The first-order chi connectivity index (χ1) is 41.7. The molecule has 5 fully saturated rings. The van der Waals surface area contributed by atoms with E-state index in [-0.39, 0.29) is 30.9 Å². The maximum absolute atomic E-state index is 12.8. The van der Waals surface area contributed by atoms with Crippen molar-refractivity contribution in [1.82, 2.24) is 10.6 Å². The Hall–Kier alpha value is -4.22. The maximum atomic E-state index is 12.8. The second-order valence-electron chi connectivity index (χ2n) is 21.6. The Morgan fingerprint density at radius 2 is 1.24 bits per heavy atom. The summed E-state index contributed by atoms with van der Waals surface area (Å²) in [7, 11) is 0. The van der Waals surface area contributed by atoms with Gasteiger partial charge in [-0.05, 0) is 12.1 Å². The van der Waals surface area contributed by atoms with Gasteiger partial charge in [0.25, 0.3) is 12.9 Å². The third-order valence-corrected chi connectivity index (χ3v) is 15.5. The summed E-state index contributed by atoms with van der Waals surface area (Å²) in [5, 5.41) is 204. The summed E-state index contributed by atoms with van der Waals surface area (Å²) in [6, 6.07) is 2.65. The number of carbonyl (C=O) groups excluding carboxylic acids is 4. The first-order valence-electron chi connectivity index (χ1n) is 27.8. The number of para-hydroxylation sites is 2. The van der Waals surface area contributed by atoms with Crippen LogP contribution < -0.4 is 20.7 Å². The van der Waals surface area contributed by atoms with Crippen LogP contribution in [-0.4, -0.2) is 340 Å². The predicted molar refractivity (Wildman–Crippen MR) is 279 cm³/mol. The standard InChI is InChI=1S/C51H81N3O34/c1-18-23(64)8-51(79-17-61,88-42(18)33(68)24(65)10-55)78-15-30-35(70)38(73)40(75)48(83-30)85-44-29(14-59)82-47(31(37(44)72)54-20(3)63)87-46-39(74)34(69)27(12-57)81-50(46)86-45-36(71)28(13-58)80-49(41(45)76)84-43(25(66)11-56)32(67)22(53-19(2)62)9-52-21-6-4-5-7-26(21)77-16-60/h4-7,16-18,22-25,27-50,52,55-59,64-76H,8-15H2,1-3H3,(H,53,62)(H,54,63)/t18-,22?,23-,24-,25?,27?,28?,29?,30?,31?,32-,33-,34-,35+,36-,37-,38+,39?,40?,41?,42?,43-,44-,45+,46?,47+,48+,49+,50-,51+/m1/s1. The van der Waals surface area contributed by atoms with E-state index in [4.69, 9.17) is 56.8 Å². The minimum atomic E-state index is -2.59. The molecule has 0 spiro atoms. The van der Waals surface area contributed by atoms with Crippen LogP contribution in [-0.2, 0) is 71.3 Å². The summed E-state index contributed by atoms with van der Waals surface area (Å²) in [6.07, 6.45) is -53.0. The van der Waals surface area contributed by atoms with Crippen molar-refractivity contribution in [2.75, 3.05) is 51.5 Å². The van der Waals surface area contributed by atoms with Gasteiger partial charge < -0.3 is 165 Å². The van der Waals surface area contributed by atoms with Crippen molar-refractivity contribution in [3.8, 4) is 5.75 Å². The number of carbonyl (C=O) groups is 4. The van der Waals surface area contributed by atoms with Crippen LogP contribution in [0.15, 0.2) is 24.3 Å². The summed E-state index contributed by atoms with van der Waals surface area (Å²) in [4.78, 5) is 48.1. The monoisotopic (exact) mass is 1280 g/mol. The van der Waals surface area contributed by atoms with Crippen LogP contribution in [0.4, 0.5) is 5.69 Å². The van der Waals surface area contributed by atoms with E-state index in [1.807, 2.05) is 0 Å². The van der Waals surface area contributed by atoms with Crippen molar-refractivity contribution >= 4 is 30.4 Å². The normalized spacial score (nSPS) is 40.0. The highest BCUT2D eigenvalue weighted by Gasteiger charge is 2.58. The molecule has 2 amide bonds. The molecule has 0 bridgehead atoms. The number of ether oxygens (including phenoxy) is 12. The zero-order chi connectivity index (χ0) is 65.1. The van der Waals surface area contributed by atoms with Gasteiger partial charge in [-0.25, -0.2) is 0 Å². The summed E-state index contributed by atoms with van der Waals surface area (Å²) < 4.78 is 68.3. The van der Waals surface area contributed by atoms with Gasteiger partial charge in [0, 0.05) is 26.3 Å². The predicted octanol–water partition coefficient (Wildman–Crippen LogP) is -12.0. The average molecular weight is 1280 g/mol. The lowest BCUT2D eigenvalue weighted by molar-refractivity contribution is -0.424. The molecule has 88 heavy (non-hydrogen) atoms. The van der Waals surface area contributed by atoms with Gasteiger partial charge in [0.2, 0.25) is 11.8 Å². The van der Waals surface area contributed by atoms with Gasteiger partial charge in [-0.15, -0.1) is 0 Å². The van der Waals surface area contributed by atoms with Crippen molar-refractivity contribution < 1.29 is 168 Å². The Bertz CT molecular complexity index is 2340. The van der Waals surface area contributed by atoms with Crippen LogP contribution >= 0.6 is 0 Å². The van der Waals surface area contributed by atoms with Crippen molar-refractivity contribution in [2.24, 2.45) is 5.92 Å². The molecule has 6 rings (SSSR count). The zero-order valence-corrected chi connectivity index (χ0v) is 47.4. The lowest BCUT2D eigenvalue weighted by atomic mass is 9.87. The number of aliphatic hydroxyl groups is 18. The molecule has 30 atom stereocenters. The molecule has 37 heteroatoms. The smallest absolute Gasteiger partial charge is 0.332 e. The Morgan fingerprint density at radius 1 is 0.648 bits per heavy atom. The Morgan fingerprint density at radius 3 is 1.85 bits per heavy atom. The second kappa shape index (κ2) is 32.9. The second-order valence-corrected chi connectivity index (χ2v) is 21.6. The first-order valence-corrected chi connectivity index (χ1v) is 27.8. The van der Waals surface area contributed by atoms with Crippen LogP contribution in [0.25, 0.3) is 0 Å². The maximum Gasteiger partial charge on any atom is 0.332 e. The van der Waals surface area contributed by atoms with Crippen LogP contribution in [0, 0.1) is 5.92 Å². The molecule has 504 valence electrons. The van der Waals surface area contributed by atoms with Crippen LogP contribution in [0.3, 0.4) is 0 Å². The van der Waals surface area contributed by atoms with E-state index in [2.05, 4.69) is 16.0 Å². The summed E-state index contributed by atoms with van der Waals surface area (Å²) in [5.41, 5.74) is 0.194. The summed E-state index contributed by atoms with van der Waals surface area (Å²) >= 11 is 0. The SMILES string of the molecule is CC(=O)NC(CNc1ccccc1OC=O)[C@@H](O)[C@H](O[C@@H]1OC(CO)[C@@H](O)[C@H](O[C@H]2OC(CO)[C@@H](O)C(O)C2O[C@@H]2OC(CO)[C@@H](O[C@@H]3OC(CO[C@]4(OC=O)C[C@@H](O)[C@@H](C)C([C@H](O)[C@H](O)CO)O4)[C@H](O)[C@H](O)C3O)[C@H](O)C2NC(C)=O)C1O)C(O)CO. The van der Waals surface area contributed by atoms with Gasteiger partial charge >= 0.3 is 5.97 Å². The van der Waals surface area contributed by atoms with E-state index >= 15 is 0 Å². The fourth-order valence-corrected chi connectivity index (χ4v) is 10.6. The minimum absolute atomic E-state index is 0.0328. The van der Waals surface area contributed by atoms with Crippen LogP contribution in [0.5, 0.6) is 5.75 Å². The number of amides is 2. The minimum Gasteiger partial charge on any atom is -0.427 e. The molecule has 5 saturated heterocycles. The molecule has 5 aliphatic heterocycles. The van der Waals surface area contributed by atoms with E-state index in [0.717, 1.165) is 13.8 Å². The molecule has 0 aromatic heterocycles. The molecule has 1 aromatic carbocycles. The van der Waals surface area contributed by atoms with Crippen molar-refractivity contribution in [3.63, 3.8) is 0 Å². The molecular weight excluding hydrogens is 1200 g/mol. The number of hydrogen-bond acceptors (Lipinski definition) is 35. The zero-order valence-electron chi connectivity index (χ0n) is 47.4. The largest absolute Gasteiger partial charge is 0.427 e. The number of rotatable bonds is 30. The molecule has 21 N–H and O–H groups in total. The number of aliphatic hydroxyl groups excluding tert-OH is 18. The molecule has 0 aliphatic carbocycles. The summed E-state index contributed by atoms with van der Waals surface area (Å²) in [6.45, 7) is -3.27. The summed E-state index contributed by atoms with van der Waals surface area (Å²) in [5.74, 6) is -5.17. The number of benzene rings is 1. The van der Waals surface area contributed by atoms with Crippen molar-refractivity contribution in [2.45, 2.75) is 205 Å². The van der Waals surface area contributed by atoms with Gasteiger partial charge in [-0.1, -0.05) is 19.1 Å². The molecule has 1 aromatic rings. The van der Waals surface area contributed by atoms with E-state index in [9.17, 15) is 111 Å². The van der Waals surface area contributed by atoms with E-state index in [1.54, 1.807) is 6.07 Å². The van der Waals surface area contributed by atoms with E-state index < -0.39 is 241 Å². The van der Waals surface area contributed by atoms with Gasteiger partial charge in [0.15, 0.2) is 30.9 Å². The molecule has 37 nitrogen and oxygen atoms in total. The van der Waals surface area contributed by atoms with Gasteiger partial charge in [-0.2, -0.15) is 0 Å². The highest BCUT2D eigenvalue weighted by Crippen LogP contribution is 2.39. The third kappa shape index (κ3) is 17.1. The number of nitrogens with one attached hydrogen (secondary N) is 3. The Balaban J connectivity index is 1.23. The Kier molecular flexibility index (Phi) is 27.2. The lowest BCUT2D eigenvalue weighted by Crippen LogP contribution is -2.70. The number of anilines is 1. The molecular formula is C51H81N3O34. The van der Waals surface area contributed by atoms with Crippen LogP contribution in [0.2, 0.25) is 0 Å². The topological polar surface area (TPSA) is 579 Å². The average Bonchev–Trinajstić information content (AvgIpc) is 1.50. The molecule has 0 saturated carbocycles.